The monoisotopic (exact) mass is 375 g/mol. The third-order valence-electron chi connectivity index (χ3n) is 4.63. The summed E-state index contributed by atoms with van der Waals surface area (Å²) in [5.74, 6) is 0.892. The van der Waals surface area contributed by atoms with E-state index in [0.717, 1.165) is 16.9 Å². The van der Waals surface area contributed by atoms with E-state index in [1.165, 1.54) is 11.1 Å². The summed E-state index contributed by atoms with van der Waals surface area (Å²) in [5.41, 5.74) is 4.65. The van der Waals surface area contributed by atoms with Crippen LogP contribution in [0.3, 0.4) is 0 Å². The summed E-state index contributed by atoms with van der Waals surface area (Å²) in [6, 6.07) is 28.5. The molecule has 0 heterocycles. The highest BCUT2D eigenvalue weighted by atomic mass is 32.2. The Labute approximate surface area is 166 Å². The average Bonchev–Trinajstić information content (AvgIpc) is 2.72. The Kier molecular flexibility index (Phi) is 6.72. The number of thioether (sulfide) groups is 1. The molecule has 0 bridgehead atoms. The molecule has 0 aromatic heterocycles. The topological polar surface area (TPSA) is 29.1 Å². The summed E-state index contributed by atoms with van der Waals surface area (Å²) in [5, 5.41) is 3.14. The Bertz CT molecular complexity index is 864. The molecule has 138 valence electrons. The average molecular weight is 376 g/mol. The zero-order valence-corrected chi connectivity index (χ0v) is 16.6. The number of benzene rings is 3. The molecule has 0 saturated heterocycles. The number of rotatable bonds is 7. The molecule has 0 radical (unpaired) electrons. The van der Waals surface area contributed by atoms with E-state index < -0.39 is 0 Å². The van der Waals surface area contributed by atoms with Crippen molar-refractivity contribution in [2.45, 2.75) is 30.9 Å². The van der Waals surface area contributed by atoms with Gasteiger partial charge >= 0.3 is 0 Å². The van der Waals surface area contributed by atoms with E-state index in [0.29, 0.717) is 0 Å². The maximum absolute atomic E-state index is 12.9. The van der Waals surface area contributed by atoms with E-state index in [9.17, 15) is 4.79 Å². The fraction of sp³-hybridized carbons (Fsp3) is 0.208. The van der Waals surface area contributed by atoms with E-state index in [4.69, 9.17) is 0 Å². The fourth-order valence-corrected chi connectivity index (χ4v) is 3.88. The van der Waals surface area contributed by atoms with Gasteiger partial charge < -0.3 is 5.32 Å². The molecule has 2 nitrogen and oxygen atoms in total. The first-order valence-electron chi connectivity index (χ1n) is 9.21. The first-order valence-corrected chi connectivity index (χ1v) is 10.3. The number of amides is 1. The van der Waals surface area contributed by atoms with Gasteiger partial charge in [0.25, 0.3) is 0 Å². The second-order valence-corrected chi connectivity index (χ2v) is 7.98. The molecule has 3 rings (SSSR count). The molecule has 0 saturated carbocycles. The minimum Gasteiger partial charge on any atom is -0.344 e. The molecule has 3 heteroatoms. The third-order valence-corrected chi connectivity index (χ3v) is 5.85. The second kappa shape index (κ2) is 9.43. The predicted molar refractivity (Wildman–Crippen MR) is 115 cm³/mol. The highest BCUT2D eigenvalue weighted by Gasteiger charge is 2.21. The van der Waals surface area contributed by atoms with Gasteiger partial charge in [-0.25, -0.2) is 0 Å². The van der Waals surface area contributed by atoms with Crippen molar-refractivity contribution in [1.82, 2.24) is 5.32 Å². The fourth-order valence-electron chi connectivity index (χ4n) is 3.03. The van der Waals surface area contributed by atoms with Gasteiger partial charge in [-0.1, -0.05) is 84.9 Å². The minimum atomic E-state index is -0.139. The van der Waals surface area contributed by atoms with Crippen LogP contribution in [0, 0.1) is 6.92 Å². The largest absolute Gasteiger partial charge is 0.344 e. The van der Waals surface area contributed by atoms with E-state index in [1.807, 2.05) is 55.5 Å². The van der Waals surface area contributed by atoms with Crippen LogP contribution in [0.1, 0.15) is 35.2 Å². The van der Waals surface area contributed by atoms with Crippen molar-refractivity contribution < 1.29 is 4.79 Å². The molecule has 3 aromatic rings. The highest BCUT2D eigenvalue weighted by molar-refractivity contribution is 7.99. The summed E-state index contributed by atoms with van der Waals surface area (Å²) < 4.78 is 0. The quantitative estimate of drug-likeness (QED) is 0.589. The van der Waals surface area contributed by atoms with Crippen LogP contribution < -0.4 is 5.32 Å². The maximum atomic E-state index is 12.9. The molecule has 0 aliphatic rings. The smallest absolute Gasteiger partial charge is 0.233 e. The minimum absolute atomic E-state index is 0.0630. The van der Waals surface area contributed by atoms with E-state index >= 15 is 0 Å². The third kappa shape index (κ3) is 5.24. The molecule has 0 spiro atoms. The van der Waals surface area contributed by atoms with Gasteiger partial charge in [-0.2, -0.15) is 0 Å². The molecule has 0 aliphatic heterocycles. The normalized spacial score (nSPS) is 13.0. The molecule has 27 heavy (non-hydrogen) atoms. The SMILES string of the molecule is Cc1ccccc1C(NC(=O)C(C)SCc1ccccc1)c1ccccc1. The lowest BCUT2D eigenvalue weighted by Gasteiger charge is -2.23. The van der Waals surface area contributed by atoms with Crippen LogP contribution in [-0.2, 0) is 10.5 Å². The summed E-state index contributed by atoms with van der Waals surface area (Å²) in [7, 11) is 0. The summed E-state index contributed by atoms with van der Waals surface area (Å²) in [6.07, 6.45) is 0. The van der Waals surface area contributed by atoms with Crippen molar-refractivity contribution in [3.63, 3.8) is 0 Å². The molecule has 3 aromatic carbocycles. The first-order chi connectivity index (χ1) is 13.1. The number of carbonyl (C=O) groups excluding carboxylic acids is 1. The number of nitrogens with one attached hydrogen (secondary N) is 1. The molecular formula is C24H25NOS. The molecule has 1 amide bonds. The zero-order valence-electron chi connectivity index (χ0n) is 15.8. The van der Waals surface area contributed by atoms with E-state index in [-0.39, 0.29) is 17.2 Å². The van der Waals surface area contributed by atoms with Crippen molar-refractivity contribution in [2.24, 2.45) is 0 Å². The standard InChI is InChI=1S/C24H25NOS/c1-18-11-9-10-16-22(18)23(21-14-7-4-8-15-21)25-24(26)19(2)27-17-20-12-5-3-6-13-20/h3-16,19,23H,17H2,1-2H3,(H,25,26). The van der Waals surface area contributed by atoms with Crippen molar-refractivity contribution in [2.75, 3.05) is 0 Å². The van der Waals surface area contributed by atoms with Crippen LogP contribution in [-0.4, -0.2) is 11.2 Å². The maximum Gasteiger partial charge on any atom is 0.233 e. The lowest BCUT2D eigenvalue weighted by Crippen LogP contribution is -2.35. The summed E-state index contributed by atoms with van der Waals surface area (Å²) in [6.45, 7) is 4.06. The van der Waals surface area contributed by atoms with Gasteiger partial charge in [0.15, 0.2) is 0 Å². The summed E-state index contributed by atoms with van der Waals surface area (Å²) >= 11 is 1.66. The van der Waals surface area contributed by atoms with Crippen molar-refractivity contribution in [3.05, 3.63) is 107 Å². The predicted octanol–water partition coefficient (Wildman–Crippen LogP) is 5.52. The molecule has 0 fully saturated rings. The Balaban J connectivity index is 1.73. The van der Waals surface area contributed by atoms with E-state index in [2.05, 4.69) is 48.6 Å². The zero-order chi connectivity index (χ0) is 19.1. The van der Waals surface area contributed by atoms with Crippen LogP contribution >= 0.6 is 11.8 Å². The highest BCUT2D eigenvalue weighted by Crippen LogP contribution is 2.26. The molecule has 2 atom stereocenters. The molecule has 0 aliphatic carbocycles. The second-order valence-electron chi connectivity index (χ2n) is 6.65. The molecular weight excluding hydrogens is 350 g/mol. The number of carbonyl (C=O) groups is 1. The number of hydrogen-bond donors (Lipinski definition) is 1. The Morgan fingerprint density at radius 3 is 2.15 bits per heavy atom. The molecule has 1 N–H and O–H groups in total. The van der Waals surface area contributed by atoms with Crippen LogP contribution in [0.25, 0.3) is 0 Å². The Morgan fingerprint density at radius 2 is 1.48 bits per heavy atom. The van der Waals surface area contributed by atoms with Gasteiger partial charge in [-0.15, -0.1) is 11.8 Å². The van der Waals surface area contributed by atoms with Gasteiger partial charge in [0.2, 0.25) is 5.91 Å². The van der Waals surface area contributed by atoms with Crippen LogP contribution in [0.2, 0.25) is 0 Å². The molecule has 2 unspecified atom stereocenters. The summed E-state index contributed by atoms with van der Waals surface area (Å²) in [4.78, 5) is 12.9. The van der Waals surface area contributed by atoms with Gasteiger partial charge in [0.05, 0.1) is 11.3 Å². The van der Waals surface area contributed by atoms with E-state index in [1.54, 1.807) is 11.8 Å². The van der Waals surface area contributed by atoms with Gasteiger partial charge in [0, 0.05) is 5.75 Å². The van der Waals surface area contributed by atoms with Crippen molar-refractivity contribution in [3.8, 4) is 0 Å². The van der Waals surface area contributed by atoms with Crippen molar-refractivity contribution in [1.29, 1.82) is 0 Å². The van der Waals surface area contributed by atoms with Gasteiger partial charge in [0.1, 0.15) is 0 Å². The van der Waals surface area contributed by atoms with Crippen LogP contribution in [0.4, 0.5) is 0 Å². The van der Waals surface area contributed by atoms with Gasteiger partial charge in [-0.05, 0) is 36.1 Å². The van der Waals surface area contributed by atoms with Crippen LogP contribution in [0.5, 0.6) is 0 Å². The van der Waals surface area contributed by atoms with Crippen molar-refractivity contribution >= 4 is 17.7 Å². The number of aryl methyl sites for hydroxylation is 1. The van der Waals surface area contributed by atoms with Crippen LogP contribution in [0.15, 0.2) is 84.9 Å². The number of hydrogen-bond acceptors (Lipinski definition) is 2. The lowest BCUT2D eigenvalue weighted by molar-refractivity contribution is -0.120. The lowest BCUT2D eigenvalue weighted by atomic mass is 9.95. The Morgan fingerprint density at radius 1 is 0.889 bits per heavy atom. The first kappa shape index (κ1) is 19.2. The Hall–Kier alpha value is -2.52. The van der Waals surface area contributed by atoms with Gasteiger partial charge in [-0.3, -0.25) is 4.79 Å².